The summed E-state index contributed by atoms with van der Waals surface area (Å²) in [5.41, 5.74) is -1.14. The van der Waals surface area contributed by atoms with Gasteiger partial charge in [-0.15, -0.1) is 17.9 Å². The molecule has 71 heavy (non-hydrogen) atoms. The largest absolute Gasteiger partial charge is 0.488 e. The summed E-state index contributed by atoms with van der Waals surface area (Å²) in [6.07, 6.45) is 1.19. The third-order valence-electron chi connectivity index (χ3n) is 12.4. The maximum absolute atomic E-state index is 14.8. The topological polar surface area (TPSA) is 243 Å². The predicted octanol–water partition coefficient (Wildman–Crippen LogP) is 8.33. The van der Waals surface area contributed by atoms with Gasteiger partial charge in [0.05, 0.1) is 24.4 Å². The Bertz CT molecular complexity index is 2650. The molecule has 2 aromatic carbocycles. The summed E-state index contributed by atoms with van der Waals surface area (Å²) < 4.78 is 49.5. The smallest absolute Gasteiger partial charge is 0.417 e. The van der Waals surface area contributed by atoms with Gasteiger partial charge in [-0.3, -0.25) is 14.1 Å². The SMILES string of the molecule is C=C[C@@H]1C[C@]1(NC(=O)[C@@H]1C[C@@H](Oc2cc(-c3csc(NC(C)C)n3)nc3cc(OCP(=O)(Oc4ccccc4)O[C@@H](C)C(=O)OCC)ccc23)CN1C(=O)[C@@H](NC(=O)OC1CCCC1)C(C)(C)C)C(=O)O. The van der Waals surface area contributed by atoms with E-state index < -0.39 is 85.0 Å². The number of rotatable bonds is 21. The Hall–Kier alpha value is -6.24. The van der Waals surface area contributed by atoms with Crippen LogP contribution in [-0.4, -0.2) is 111 Å². The number of nitrogens with zero attached hydrogens (tertiary/aromatic N) is 3. The minimum atomic E-state index is -4.19. The molecule has 19 nitrogen and oxygen atoms in total. The van der Waals surface area contributed by atoms with E-state index >= 15 is 0 Å². The average molecular weight is 1020 g/mol. The van der Waals surface area contributed by atoms with Crippen LogP contribution in [0.3, 0.4) is 0 Å². The van der Waals surface area contributed by atoms with Crippen LogP contribution in [0.25, 0.3) is 22.3 Å². The van der Waals surface area contributed by atoms with E-state index in [1.807, 2.05) is 19.2 Å². The van der Waals surface area contributed by atoms with Crippen molar-refractivity contribution >= 4 is 64.8 Å². The van der Waals surface area contributed by atoms with Crippen LogP contribution in [0, 0.1) is 11.3 Å². The van der Waals surface area contributed by atoms with E-state index in [1.165, 1.54) is 29.2 Å². The molecule has 0 radical (unpaired) electrons. The zero-order valence-corrected chi connectivity index (χ0v) is 42.7. The number of carbonyl (C=O) groups is 5. The van der Waals surface area contributed by atoms with Crippen molar-refractivity contribution in [2.45, 2.75) is 129 Å². The number of carboxylic acids is 1. The van der Waals surface area contributed by atoms with Gasteiger partial charge in [0.2, 0.25) is 18.2 Å². The van der Waals surface area contributed by atoms with Gasteiger partial charge in [-0.1, -0.05) is 45.0 Å². The van der Waals surface area contributed by atoms with E-state index in [4.69, 9.17) is 38.0 Å². The van der Waals surface area contributed by atoms with Crippen LogP contribution in [0.5, 0.6) is 17.2 Å². The maximum atomic E-state index is 14.8. The van der Waals surface area contributed by atoms with Crippen molar-refractivity contribution in [2.24, 2.45) is 11.3 Å². The molecule has 0 bridgehead atoms. The molecule has 0 spiro atoms. The van der Waals surface area contributed by atoms with E-state index in [-0.39, 0.29) is 49.6 Å². The number of thiazole rings is 1. The molecule has 21 heteroatoms. The van der Waals surface area contributed by atoms with Crippen molar-refractivity contribution in [3.8, 4) is 28.6 Å². The predicted molar refractivity (Wildman–Crippen MR) is 265 cm³/mol. The van der Waals surface area contributed by atoms with Gasteiger partial charge in [0.15, 0.2) is 11.2 Å². The van der Waals surface area contributed by atoms with Gasteiger partial charge in [0.25, 0.3) is 0 Å². The Morgan fingerprint density at radius 3 is 2.38 bits per heavy atom. The fourth-order valence-corrected chi connectivity index (χ4v) is 10.9. The van der Waals surface area contributed by atoms with Crippen LogP contribution < -0.4 is 29.9 Å². The summed E-state index contributed by atoms with van der Waals surface area (Å²) in [6.45, 7) is 16.1. The molecular formula is C50H63N6O13PS. The highest BCUT2D eigenvalue weighted by Gasteiger charge is 2.61. The molecule has 4 N–H and O–H groups in total. The molecule has 2 saturated carbocycles. The monoisotopic (exact) mass is 1020 g/mol. The summed E-state index contributed by atoms with van der Waals surface area (Å²) in [7, 11) is -4.19. The van der Waals surface area contributed by atoms with Crippen LogP contribution >= 0.6 is 18.9 Å². The Kier molecular flexibility index (Phi) is 16.3. The number of hydrogen-bond donors (Lipinski definition) is 4. The number of pyridine rings is 1. The number of amides is 3. The van der Waals surface area contributed by atoms with Gasteiger partial charge >= 0.3 is 25.6 Å². The first-order valence-corrected chi connectivity index (χ1v) is 26.4. The molecular weight excluding hydrogens is 956 g/mol. The molecule has 2 aromatic heterocycles. The molecule has 7 atom stereocenters. The number of esters is 1. The number of carboxylic acid groups (broad SMARTS) is 1. The summed E-state index contributed by atoms with van der Waals surface area (Å²) in [5.74, 6) is -2.98. The number of carbonyl (C=O) groups excluding carboxylic acids is 4. The number of nitrogens with one attached hydrogen (secondary N) is 3. The maximum Gasteiger partial charge on any atom is 0.417 e. The molecule has 3 aliphatic rings. The lowest BCUT2D eigenvalue weighted by atomic mass is 9.85. The normalized spacial score (nSPS) is 21.6. The van der Waals surface area contributed by atoms with E-state index in [0.717, 1.165) is 25.7 Å². The van der Waals surface area contributed by atoms with E-state index in [9.17, 15) is 33.6 Å². The quantitative estimate of drug-likeness (QED) is 0.0348. The Labute approximate surface area is 416 Å². The molecule has 3 heterocycles. The van der Waals surface area contributed by atoms with Gasteiger partial charge in [-0.25, -0.2) is 28.9 Å². The first-order chi connectivity index (χ1) is 33.7. The van der Waals surface area contributed by atoms with E-state index in [2.05, 4.69) is 22.5 Å². The van der Waals surface area contributed by atoms with Crippen molar-refractivity contribution in [3.63, 3.8) is 0 Å². The second kappa shape index (κ2) is 22.0. The number of aromatic nitrogens is 2. The summed E-state index contributed by atoms with van der Waals surface area (Å²) in [5, 5.41) is 22.0. The number of anilines is 1. The van der Waals surface area contributed by atoms with E-state index in [0.29, 0.717) is 33.2 Å². The van der Waals surface area contributed by atoms with Crippen molar-refractivity contribution in [1.29, 1.82) is 0 Å². The molecule has 3 amide bonds. The number of alkyl carbamates (subject to hydrolysis) is 1. The molecule has 382 valence electrons. The second-order valence-corrected chi connectivity index (χ2v) is 22.1. The van der Waals surface area contributed by atoms with Crippen LogP contribution in [0.15, 0.2) is 72.6 Å². The molecule has 7 rings (SSSR count). The molecule has 1 aliphatic heterocycles. The lowest BCUT2D eigenvalue weighted by Gasteiger charge is -2.35. The summed E-state index contributed by atoms with van der Waals surface area (Å²) >= 11 is 1.38. The number of benzene rings is 2. The number of aliphatic carboxylic acids is 1. The van der Waals surface area contributed by atoms with Gasteiger partial charge < -0.3 is 49.4 Å². The fourth-order valence-electron chi connectivity index (χ4n) is 8.61. The van der Waals surface area contributed by atoms with Gasteiger partial charge in [-0.2, -0.15) is 0 Å². The third kappa shape index (κ3) is 12.8. The molecule has 1 unspecified atom stereocenters. The number of hydrogen-bond acceptors (Lipinski definition) is 16. The van der Waals surface area contributed by atoms with Gasteiger partial charge in [0, 0.05) is 41.3 Å². The molecule has 2 aliphatic carbocycles. The van der Waals surface area contributed by atoms with Crippen LogP contribution in [0.4, 0.5) is 9.93 Å². The average Bonchev–Trinajstić information content (AvgIpc) is 3.72. The second-order valence-electron chi connectivity index (χ2n) is 19.4. The highest BCUT2D eigenvalue weighted by molar-refractivity contribution is 7.54. The standard InChI is InChI=1S/C50H63N6O13PS/c1-9-31-25-50(31,46(60)61)55-43(57)40-23-35(26-56(40)44(58)42(49(6,7)8)54-48(62)67-32-16-14-15-17-32)66-41-24-38(39-27-71-47(53-39)51-29(3)4)52-37-22-34(20-21-36(37)41)65-28-70(63,68-30(5)45(59)64-10-2)69-33-18-12-11-13-19-33/h9,11-13,18-22,24,27,29-32,35,40,42H,1,10,14-17,23,25-26,28H2,2-8H3,(H,51,53)(H,54,62)(H,55,57)(H,60,61)/t30-,31+,35+,40-,42+,50+,70?/m0/s1. The number of para-hydroxylation sites is 1. The number of likely N-dealkylation sites (tertiary alicyclic amines) is 1. The highest BCUT2D eigenvalue weighted by atomic mass is 32.1. The van der Waals surface area contributed by atoms with Crippen LogP contribution in [0.2, 0.25) is 0 Å². The minimum absolute atomic E-state index is 0.0458. The van der Waals surface area contributed by atoms with Gasteiger partial charge in [0.1, 0.15) is 52.8 Å². The first-order valence-electron chi connectivity index (χ1n) is 23.8. The molecule has 3 fully saturated rings. The fraction of sp³-hybridized carbons (Fsp3) is 0.500. The Morgan fingerprint density at radius 1 is 1.00 bits per heavy atom. The Balaban J connectivity index is 1.21. The van der Waals surface area contributed by atoms with Crippen LogP contribution in [0.1, 0.15) is 87.0 Å². The Morgan fingerprint density at radius 2 is 1.73 bits per heavy atom. The minimum Gasteiger partial charge on any atom is -0.488 e. The highest BCUT2D eigenvalue weighted by Crippen LogP contribution is 2.50. The zero-order chi connectivity index (χ0) is 51.3. The van der Waals surface area contributed by atoms with Crippen molar-refractivity contribution in [3.05, 3.63) is 72.6 Å². The molecule has 4 aromatic rings. The van der Waals surface area contributed by atoms with Crippen molar-refractivity contribution in [1.82, 2.24) is 25.5 Å². The number of fused-ring (bicyclic) bond motifs is 1. The molecule has 1 saturated heterocycles. The van der Waals surface area contributed by atoms with Crippen molar-refractivity contribution in [2.75, 3.05) is 24.8 Å². The first kappa shape index (κ1) is 52.6. The van der Waals surface area contributed by atoms with Crippen molar-refractivity contribution < 1.29 is 61.6 Å². The third-order valence-corrected chi connectivity index (χ3v) is 14.7. The van der Waals surface area contributed by atoms with Gasteiger partial charge in [-0.05, 0) is 89.5 Å². The summed E-state index contributed by atoms with van der Waals surface area (Å²) in [6, 6.07) is 12.7. The number of ether oxygens (including phenoxy) is 4. The van der Waals surface area contributed by atoms with E-state index in [1.54, 1.807) is 82.3 Å². The zero-order valence-electron chi connectivity index (χ0n) is 41.0. The van der Waals surface area contributed by atoms with Crippen LogP contribution in [-0.2, 0) is 37.7 Å². The lowest BCUT2D eigenvalue weighted by Crippen LogP contribution is -2.59. The lowest BCUT2D eigenvalue weighted by molar-refractivity contribution is -0.150. The summed E-state index contributed by atoms with van der Waals surface area (Å²) in [4.78, 5) is 78.6.